The van der Waals surface area contributed by atoms with Gasteiger partial charge in [-0.1, -0.05) is 30.3 Å². The number of hydrogen-bond acceptors (Lipinski definition) is 5. The van der Waals surface area contributed by atoms with E-state index in [1.54, 1.807) is 42.7 Å². The standard InChI is InChI=1S/C35H32F3N3O3/c1-23-17-26(9-14-30(23)33(42)18-24-7-8-24)41-22-40-34-31(39-16-15-35(36,37)38)19-29(20-32(34)41)44-28-12-10-27(11-13-28)43-21-25-5-3-2-4-6-25/h2-6,9-14,17,19-20,22,24,39H,7-8,15-16,18,21H2,1H3. The lowest BCUT2D eigenvalue weighted by Crippen LogP contribution is -2.14. The molecule has 6 nitrogen and oxygen atoms in total. The van der Waals surface area contributed by atoms with Crippen LogP contribution in [0.25, 0.3) is 16.7 Å². The van der Waals surface area contributed by atoms with Crippen LogP contribution in [0.4, 0.5) is 18.9 Å². The molecule has 1 aliphatic carbocycles. The fraction of sp³-hybridized carbons (Fsp3) is 0.257. The molecule has 0 saturated heterocycles. The number of nitrogens with zero attached hydrogens (tertiary/aromatic N) is 2. The Morgan fingerprint density at radius 2 is 1.70 bits per heavy atom. The zero-order valence-electron chi connectivity index (χ0n) is 24.2. The summed E-state index contributed by atoms with van der Waals surface area (Å²) in [5.41, 5.74) is 4.99. The number of carbonyl (C=O) groups excluding carboxylic acids is 1. The second-order valence-corrected chi connectivity index (χ2v) is 11.2. The first-order valence-electron chi connectivity index (χ1n) is 14.6. The molecule has 0 unspecified atom stereocenters. The van der Waals surface area contributed by atoms with Crippen molar-refractivity contribution in [1.29, 1.82) is 0 Å². The van der Waals surface area contributed by atoms with E-state index in [0.717, 1.165) is 29.7 Å². The summed E-state index contributed by atoms with van der Waals surface area (Å²) in [6.45, 7) is 2.04. The largest absolute Gasteiger partial charge is 0.489 e. The van der Waals surface area contributed by atoms with Gasteiger partial charge in [0.1, 0.15) is 35.7 Å². The van der Waals surface area contributed by atoms with E-state index in [4.69, 9.17) is 9.47 Å². The molecule has 44 heavy (non-hydrogen) atoms. The van der Waals surface area contributed by atoms with Crippen molar-refractivity contribution < 1.29 is 27.4 Å². The highest BCUT2D eigenvalue weighted by molar-refractivity contribution is 5.98. The summed E-state index contributed by atoms with van der Waals surface area (Å²) < 4.78 is 52.7. The number of aryl methyl sites for hydroxylation is 1. The molecule has 0 bridgehead atoms. The van der Waals surface area contributed by atoms with E-state index in [0.29, 0.717) is 58.5 Å². The number of rotatable bonds is 12. The van der Waals surface area contributed by atoms with E-state index in [1.807, 2.05) is 60.0 Å². The molecule has 0 spiro atoms. The van der Waals surface area contributed by atoms with Crippen molar-refractivity contribution in [2.75, 3.05) is 11.9 Å². The van der Waals surface area contributed by atoms with E-state index in [-0.39, 0.29) is 12.3 Å². The fourth-order valence-electron chi connectivity index (χ4n) is 5.11. The number of ether oxygens (including phenoxy) is 2. The predicted octanol–water partition coefficient (Wildman–Crippen LogP) is 9.05. The Morgan fingerprint density at radius 1 is 0.955 bits per heavy atom. The predicted molar refractivity (Wildman–Crippen MR) is 164 cm³/mol. The van der Waals surface area contributed by atoms with Gasteiger partial charge in [-0.3, -0.25) is 9.36 Å². The summed E-state index contributed by atoms with van der Waals surface area (Å²) in [4.78, 5) is 17.3. The molecule has 6 rings (SSSR count). The van der Waals surface area contributed by atoms with Crippen molar-refractivity contribution in [1.82, 2.24) is 9.55 Å². The number of alkyl halides is 3. The van der Waals surface area contributed by atoms with Crippen molar-refractivity contribution in [3.8, 4) is 22.9 Å². The smallest absolute Gasteiger partial charge is 0.390 e. The monoisotopic (exact) mass is 599 g/mol. The van der Waals surface area contributed by atoms with Gasteiger partial charge in [-0.05, 0) is 79.3 Å². The van der Waals surface area contributed by atoms with Gasteiger partial charge in [0.2, 0.25) is 0 Å². The Hall–Kier alpha value is -4.79. The summed E-state index contributed by atoms with van der Waals surface area (Å²) in [5.74, 6) is 2.30. The van der Waals surface area contributed by atoms with Gasteiger partial charge < -0.3 is 14.8 Å². The highest BCUT2D eigenvalue weighted by Gasteiger charge is 2.27. The highest BCUT2D eigenvalue weighted by Crippen LogP contribution is 2.36. The molecule has 0 aliphatic heterocycles. The van der Waals surface area contributed by atoms with E-state index >= 15 is 0 Å². The summed E-state index contributed by atoms with van der Waals surface area (Å²) in [6.07, 6.45) is -0.856. The number of aromatic nitrogens is 2. The third kappa shape index (κ3) is 7.22. The first-order chi connectivity index (χ1) is 21.2. The molecule has 1 heterocycles. The van der Waals surface area contributed by atoms with Gasteiger partial charge in [0.05, 0.1) is 17.6 Å². The summed E-state index contributed by atoms with van der Waals surface area (Å²) in [7, 11) is 0. The number of benzene rings is 4. The zero-order valence-corrected chi connectivity index (χ0v) is 24.2. The number of imidazole rings is 1. The molecular weight excluding hydrogens is 567 g/mol. The molecule has 0 radical (unpaired) electrons. The fourth-order valence-corrected chi connectivity index (χ4v) is 5.11. The van der Waals surface area contributed by atoms with E-state index in [2.05, 4.69) is 10.3 Å². The summed E-state index contributed by atoms with van der Waals surface area (Å²) >= 11 is 0. The van der Waals surface area contributed by atoms with Crippen molar-refractivity contribution in [3.63, 3.8) is 0 Å². The molecule has 9 heteroatoms. The van der Waals surface area contributed by atoms with Crippen molar-refractivity contribution in [2.45, 2.75) is 45.4 Å². The summed E-state index contributed by atoms with van der Waals surface area (Å²) in [5, 5.41) is 2.90. The lowest BCUT2D eigenvalue weighted by atomic mass is 10.0. The maximum atomic E-state index is 12.9. The van der Waals surface area contributed by atoms with Crippen LogP contribution in [0.1, 0.15) is 47.2 Å². The number of anilines is 1. The lowest BCUT2D eigenvalue weighted by Gasteiger charge is -2.14. The van der Waals surface area contributed by atoms with Crippen LogP contribution >= 0.6 is 0 Å². The van der Waals surface area contributed by atoms with Crippen LogP contribution < -0.4 is 14.8 Å². The molecule has 1 saturated carbocycles. The maximum Gasteiger partial charge on any atom is 0.390 e. The average molecular weight is 600 g/mol. The van der Waals surface area contributed by atoms with E-state index < -0.39 is 12.6 Å². The molecule has 1 N–H and O–H groups in total. The molecule has 226 valence electrons. The summed E-state index contributed by atoms with van der Waals surface area (Å²) in [6, 6.07) is 26.1. The third-order valence-corrected chi connectivity index (χ3v) is 7.62. The number of hydrogen-bond donors (Lipinski definition) is 1. The molecule has 0 atom stereocenters. The minimum absolute atomic E-state index is 0.148. The Bertz CT molecular complexity index is 1760. The van der Waals surface area contributed by atoms with Gasteiger partial charge in [-0.2, -0.15) is 13.2 Å². The van der Waals surface area contributed by atoms with Gasteiger partial charge in [0.15, 0.2) is 5.78 Å². The van der Waals surface area contributed by atoms with Crippen LogP contribution in [0.15, 0.2) is 91.3 Å². The van der Waals surface area contributed by atoms with Crippen molar-refractivity contribution in [2.24, 2.45) is 5.92 Å². The van der Waals surface area contributed by atoms with Gasteiger partial charge in [-0.15, -0.1) is 0 Å². The minimum Gasteiger partial charge on any atom is -0.489 e. The minimum atomic E-state index is -4.29. The molecule has 5 aromatic rings. The van der Waals surface area contributed by atoms with Crippen LogP contribution in [0.5, 0.6) is 17.2 Å². The first-order valence-corrected chi connectivity index (χ1v) is 14.6. The third-order valence-electron chi connectivity index (χ3n) is 7.62. The van der Waals surface area contributed by atoms with Crippen LogP contribution in [-0.2, 0) is 6.61 Å². The van der Waals surface area contributed by atoms with Crippen LogP contribution in [0.2, 0.25) is 0 Å². The number of carbonyl (C=O) groups is 1. The highest BCUT2D eigenvalue weighted by atomic mass is 19.4. The molecule has 1 aliphatic rings. The average Bonchev–Trinajstić information content (AvgIpc) is 3.71. The van der Waals surface area contributed by atoms with Gasteiger partial charge in [-0.25, -0.2) is 4.98 Å². The van der Waals surface area contributed by atoms with Gasteiger partial charge >= 0.3 is 6.18 Å². The normalized spacial score (nSPS) is 13.2. The molecule has 0 amide bonds. The quantitative estimate of drug-likeness (QED) is 0.145. The molecular formula is C35H32F3N3O3. The molecule has 1 fully saturated rings. The van der Waals surface area contributed by atoms with Crippen molar-refractivity contribution >= 4 is 22.5 Å². The topological polar surface area (TPSA) is 65.4 Å². The Kier molecular flexibility index (Phi) is 8.28. The van der Waals surface area contributed by atoms with E-state index in [1.165, 1.54) is 0 Å². The Labute approximate surface area is 253 Å². The van der Waals surface area contributed by atoms with Crippen LogP contribution in [-0.4, -0.2) is 28.1 Å². The van der Waals surface area contributed by atoms with Crippen molar-refractivity contribution in [3.05, 3.63) is 108 Å². The number of nitrogens with one attached hydrogen (secondary N) is 1. The number of Topliss-reactive ketones (excluding diaryl/α,β-unsaturated/α-hetero) is 1. The van der Waals surface area contributed by atoms with Gasteiger partial charge in [0.25, 0.3) is 0 Å². The Balaban J connectivity index is 1.26. The number of fused-ring (bicyclic) bond motifs is 1. The maximum absolute atomic E-state index is 12.9. The lowest BCUT2D eigenvalue weighted by molar-refractivity contribution is -0.131. The SMILES string of the molecule is Cc1cc(-n2cnc3c(NCCC(F)(F)F)cc(Oc4ccc(OCc5ccccc5)cc4)cc32)ccc1C(=O)CC1CC1. The molecule has 4 aromatic carbocycles. The second kappa shape index (κ2) is 12.4. The van der Waals surface area contributed by atoms with Crippen LogP contribution in [0, 0.1) is 12.8 Å². The number of ketones is 1. The number of halogens is 3. The zero-order chi connectivity index (χ0) is 30.7. The Morgan fingerprint density at radius 3 is 2.41 bits per heavy atom. The first kappa shape index (κ1) is 29.3. The van der Waals surface area contributed by atoms with Crippen LogP contribution in [0.3, 0.4) is 0 Å². The van der Waals surface area contributed by atoms with Gasteiger partial charge in [0, 0.05) is 36.3 Å². The second-order valence-electron chi connectivity index (χ2n) is 11.2. The molecule has 1 aromatic heterocycles. The van der Waals surface area contributed by atoms with E-state index in [9.17, 15) is 18.0 Å².